The Hall–Kier alpha value is -2.47. The lowest BCUT2D eigenvalue weighted by molar-refractivity contribution is 0.804. The maximum atomic E-state index is 4.49. The molecule has 0 bridgehead atoms. The van der Waals surface area contributed by atoms with Gasteiger partial charge < -0.3 is 4.57 Å². The second kappa shape index (κ2) is 4.82. The molecule has 0 unspecified atom stereocenters. The van der Waals surface area contributed by atoms with Gasteiger partial charge in [0.15, 0.2) is 5.82 Å². The number of aryl methyl sites for hydroxylation is 1. The molecule has 0 aliphatic rings. The van der Waals surface area contributed by atoms with Crippen LogP contribution in [0.1, 0.15) is 11.3 Å². The van der Waals surface area contributed by atoms with E-state index in [9.17, 15) is 0 Å². The molecular formula is C15H13N5S. The van der Waals surface area contributed by atoms with Gasteiger partial charge in [0.2, 0.25) is 0 Å². The first-order valence-corrected chi connectivity index (χ1v) is 7.54. The van der Waals surface area contributed by atoms with Gasteiger partial charge in [-0.05, 0) is 24.6 Å². The van der Waals surface area contributed by atoms with Crippen LogP contribution in [0.2, 0.25) is 0 Å². The highest BCUT2D eigenvalue weighted by Crippen LogP contribution is 2.26. The van der Waals surface area contributed by atoms with Crippen molar-refractivity contribution >= 4 is 16.9 Å². The third-order valence-corrected chi connectivity index (χ3v) is 4.45. The van der Waals surface area contributed by atoms with E-state index < -0.39 is 0 Å². The number of fused-ring (bicyclic) bond motifs is 1. The molecule has 0 amide bonds. The van der Waals surface area contributed by atoms with Crippen molar-refractivity contribution in [3.63, 3.8) is 0 Å². The number of rotatable bonds is 3. The van der Waals surface area contributed by atoms with Gasteiger partial charge in [0.05, 0.1) is 28.1 Å². The van der Waals surface area contributed by atoms with E-state index in [0.29, 0.717) is 0 Å². The van der Waals surface area contributed by atoms with Crippen molar-refractivity contribution in [1.82, 2.24) is 24.1 Å². The van der Waals surface area contributed by atoms with Gasteiger partial charge in [-0.15, -0.1) is 11.3 Å². The molecule has 0 spiro atoms. The number of hydrogen-bond acceptors (Lipinski definition) is 4. The van der Waals surface area contributed by atoms with Gasteiger partial charge in [0, 0.05) is 24.8 Å². The van der Waals surface area contributed by atoms with Crippen LogP contribution in [-0.2, 0) is 6.54 Å². The third-order valence-electron chi connectivity index (χ3n) is 3.53. The minimum atomic E-state index is 0.767. The lowest BCUT2D eigenvalue weighted by Gasteiger charge is -2.08. The first kappa shape index (κ1) is 12.3. The smallest absolute Gasteiger partial charge is 0.152 e. The lowest BCUT2D eigenvalue weighted by atomic mass is 10.2. The van der Waals surface area contributed by atoms with Crippen molar-refractivity contribution in [2.45, 2.75) is 13.5 Å². The summed E-state index contributed by atoms with van der Waals surface area (Å²) in [6, 6.07) is 6.17. The van der Waals surface area contributed by atoms with E-state index in [4.69, 9.17) is 0 Å². The highest BCUT2D eigenvalue weighted by molar-refractivity contribution is 7.13. The molecule has 4 aromatic rings. The molecule has 0 aliphatic heterocycles. The summed E-state index contributed by atoms with van der Waals surface area (Å²) in [5.74, 6) is 0.969. The van der Waals surface area contributed by atoms with Crippen LogP contribution >= 0.6 is 11.3 Å². The topological polar surface area (TPSA) is 48.0 Å². The Morgan fingerprint density at radius 3 is 2.95 bits per heavy atom. The summed E-state index contributed by atoms with van der Waals surface area (Å²) in [6.07, 6.45) is 7.63. The number of aromatic nitrogens is 5. The van der Waals surface area contributed by atoms with E-state index in [1.54, 1.807) is 11.3 Å². The number of pyridine rings is 1. The SMILES string of the molecule is Cc1ncsc1-c1nccn1Cc1cccn2nccc12. The van der Waals surface area contributed by atoms with E-state index in [0.717, 1.165) is 28.5 Å². The molecular weight excluding hydrogens is 282 g/mol. The Kier molecular flexibility index (Phi) is 2.82. The van der Waals surface area contributed by atoms with Crippen LogP contribution < -0.4 is 0 Å². The minimum absolute atomic E-state index is 0.767. The molecule has 0 fully saturated rings. The fraction of sp³-hybridized carbons (Fsp3) is 0.133. The molecule has 4 aromatic heterocycles. The summed E-state index contributed by atoms with van der Waals surface area (Å²) < 4.78 is 4.05. The van der Waals surface area contributed by atoms with E-state index in [2.05, 4.69) is 25.7 Å². The fourth-order valence-electron chi connectivity index (χ4n) is 2.49. The Morgan fingerprint density at radius 1 is 1.14 bits per heavy atom. The second-order valence-electron chi connectivity index (χ2n) is 4.84. The summed E-state index contributed by atoms with van der Waals surface area (Å²) >= 11 is 1.63. The maximum Gasteiger partial charge on any atom is 0.152 e. The van der Waals surface area contributed by atoms with Crippen LogP contribution in [-0.4, -0.2) is 24.1 Å². The third kappa shape index (κ3) is 2.04. The van der Waals surface area contributed by atoms with E-state index >= 15 is 0 Å². The van der Waals surface area contributed by atoms with Gasteiger partial charge in [-0.2, -0.15) is 5.10 Å². The van der Waals surface area contributed by atoms with Gasteiger partial charge in [0.25, 0.3) is 0 Å². The van der Waals surface area contributed by atoms with E-state index in [1.165, 1.54) is 5.56 Å². The predicted molar refractivity (Wildman–Crippen MR) is 82.4 cm³/mol. The van der Waals surface area contributed by atoms with Crippen LogP contribution in [0.15, 0.2) is 48.5 Å². The molecule has 0 saturated heterocycles. The molecule has 5 nitrogen and oxygen atoms in total. The molecule has 21 heavy (non-hydrogen) atoms. The molecule has 104 valence electrons. The predicted octanol–water partition coefficient (Wildman–Crippen LogP) is 3.01. The van der Waals surface area contributed by atoms with Gasteiger partial charge in [-0.1, -0.05) is 6.07 Å². The highest BCUT2D eigenvalue weighted by Gasteiger charge is 2.12. The van der Waals surface area contributed by atoms with Crippen LogP contribution in [0.3, 0.4) is 0 Å². The van der Waals surface area contributed by atoms with Gasteiger partial charge >= 0.3 is 0 Å². The molecule has 0 radical (unpaired) electrons. The van der Waals surface area contributed by atoms with E-state index in [1.807, 2.05) is 53.9 Å². The largest absolute Gasteiger partial charge is 0.326 e. The van der Waals surface area contributed by atoms with Crippen LogP contribution in [0.25, 0.3) is 16.2 Å². The normalized spacial score (nSPS) is 11.3. The zero-order valence-corrected chi connectivity index (χ0v) is 12.3. The Morgan fingerprint density at radius 2 is 2.10 bits per heavy atom. The number of thiazole rings is 1. The number of imidazole rings is 1. The Labute approximate surface area is 125 Å². The molecule has 0 aliphatic carbocycles. The fourth-order valence-corrected chi connectivity index (χ4v) is 3.31. The van der Waals surface area contributed by atoms with E-state index in [-0.39, 0.29) is 0 Å². The molecule has 4 heterocycles. The van der Waals surface area contributed by atoms with Gasteiger partial charge in [0.1, 0.15) is 0 Å². The Bertz CT molecular complexity index is 901. The van der Waals surface area contributed by atoms with Gasteiger partial charge in [-0.25, -0.2) is 14.5 Å². The first-order chi connectivity index (χ1) is 10.3. The molecule has 0 saturated carbocycles. The average molecular weight is 295 g/mol. The molecule has 0 aromatic carbocycles. The summed E-state index contributed by atoms with van der Waals surface area (Å²) in [7, 11) is 0. The maximum absolute atomic E-state index is 4.49. The zero-order valence-electron chi connectivity index (χ0n) is 11.5. The van der Waals surface area contributed by atoms with Crippen LogP contribution in [0, 0.1) is 6.92 Å². The molecule has 0 N–H and O–H groups in total. The van der Waals surface area contributed by atoms with Crippen molar-refractivity contribution in [2.75, 3.05) is 0 Å². The molecule has 4 rings (SSSR count). The van der Waals surface area contributed by atoms with Crippen molar-refractivity contribution in [3.8, 4) is 10.7 Å². The standard InChI is InChI=1S/C15H13N5S/c1-11-14(21-10-17-11)15-16-6-8-19(15)9-12-3-2-7-20-13(12)4-5-18-20/h2-8,10H,9H2,1H3. The second-order valence-corrected chi connectivity index (χ2v) is 5.69. The van der Waals surface area contributed by atoms with Crippen molar-refractivity contribution in [3.05, 3.63) is 59.8 Å². The summed E-state index contributed by atoms with van der Waals surface area (Å²) in [4.78, 5) is 9.93. The Balaban J connectivity index is 1.78. The molecule has 6 heteroatoms. The van der Waals surface area contributed by atoms with Crippen molar-refractivity contribution in [2.24, 2.45) is 0 Å². The average Bonchev–Trinajstić information content (AvgIpc) is 3.19. The number of nitrogens with zero attached hydrogens (tertiary/aromatic N) is 5. The van der Waals surface area contributed by atoms with Crippen molar-refractivity contribution in [1.29, 1.82) is 0 Å². The molecule has 0 atom stereocenters. The lowest BCUT2D eigenvalue weighted by Crippen LogP contribution is -2.03. The highest BCUT2D eigenvalue weighted by atomic mass is 32.1. The van der Waals surface area contributed by atoms with Crippen LogP contribution in [0.5, 0.6) is 0 Å². The number of hydrogen-bond donors (Lipinski definition) is 0. The summed E-state index contributed by atoms with van der Waals surface area (Å²) in [5, 5.41) is 4.28. The zero-order chi connectivity index (χ0) is 14.2. The summed E-state index contributed by atoms with van der Waals surface area (Å²) in [6.45, 7) is 2.78. The quantitative estimate of drug-likeness (QED) is 0.584. The monoisotopic (exact) mass is 295 g/mol. The summed E-state index contributed by atoms with van der Waals surface area (Å²) in [5.41, 5.74) is 5.23. The van der Waals surface area contributed by atoms with Gasteiger partial charge in [-0.3, -0.25) is 0 Å². The first-order valence-electron chi connectivity index (χ1n) is 6.66. The van der Waals surface area contributed by atoms with Crippen LogP contribution in [0.4, 0.5) is 0 Å². The van der Waals surface area contributed by atoms with Crippen molar-refractivity contribution < 1.29 is 0 Å². The minimum Gasteiger partial charge on any atom is -0.326 e.